The van der Waals surface area contributed by atoms with Crippen molar-refractivity contribution in [3.8, 4) is 0 Å². The Morgan fingerprint density at radius 3 is 2.73 bits per heavy atom. The highest BCUT2D eigenvalue weighted by atomic mass is 35.5. The zero-order chi connectivity index (χ0) is 11.2. The molecular formula is C10H12ClN3S. The quantitative estimate of drug-likeness (QED) is 0.717. The molecule has 0 bridgehead atoms. The van der Waals surface area contributed by atoms with E-state index in [0.29, 0.717) is 9.79 Å². The van der Waals surface area contributed by atoms with E-state index >= 15 is 0 Å². The molecule has 0 aliphatic carbocycles. The second kappa shape index (κ2) is 3.32. The number of halogens is 1. The third-order valence-electron chi connectivity index (χ3n) is 2.16. The minimum atomic E-state index is -0.0871. The molecular weight excluding hydrogens is 230 g/mol. The molecule has 0 aliphatic rings. The molecule has 0 aromatic carbocycles. The highest BCUT2D eigenvalue weighted by molar-refractivity contribution is 7.71. The van der Waals surface area contributed by atoms with E-state index in [9.17, 15) is 0 Å². The van der Waals surface area contributed by atoms with Crippen molar-refractivity contribution in [1.29, 1.82) is 0 Å². The van der Waals surface area contributed by atoms with Crippen LogP contribution in [-0.2, 0) is 5.54 Å². The number of pyridine rings is 1. The van der Waals surface area contributed by atoms with E-state index in [1.165, 1.54) is 0 Å². The van der Waals surface area contributed by atoms with Crippen LogP contribution in [0.1, 0.15) is 20.8 Å². The Bertz CT molecular complexity index is 562. The summed E-state index contributed by atoms with van der Waals surface area (Å²) in [6.45, 7) is 6.27. The fourth-order valence-electron chi connectivity index (χ4n) is 1.59. The lowest BCUT2D eigenvalue weighted by atomic mass is 10.1. The van der Waals surface area contributed by atoms with Crippen LogP contribution in [0.5, 0.6) is 0 Å². The fraction of sp³-hybridized carbons (Fsp3) is 0.400. The van der Waals surface area contributed by atoms with Crippen molar-refractivity contribution in [1.82, 2.24) is 14.5 Å². The molecule has 2 aromatic rings. The van der Waals surface area contributed by atoms with Crippen molar-refractivity contribution < 1.29 is 0 Å². The third-order valence-corrected chi connectivity index (χ3v) is 2.65. The van der Waals surface area contributed by atoms with Gasteiger partial charge in [0, 0.05) is 11.7 Å². The SMILES string of the molecule is CC(C)(C)n1c(=S)[nH]c2cc(Cl)cnc21. The van der Waals surface area contributed by atoms with Gasteiger partial charge in [-0.3, -0.25) is 4.57 Å². The first kappa shape index (κ1) is 10.6. The second-order valence-corrected chi connectivity index (χ2v) is 5.28. The van der Waals surface area contributed by atoms with Gasteiger partial charge in [0.05, 0.1) is 10.5 Å². The molecule has 15 heavy (non-hydrogen) atoms. The molecule has 0 saturated carbocycles. The minimum Gasteiger partial charge on any atom is -0.329 e. The maximum Gasteiger partial charge on any atom is 0.179 e. The number of nitrogens with one attached hydrogen (secondary N) is 1. The fourth-order valence-corrected chi connectivity index (χ4v) is 2.22. The summed E-state index contributed by atoms with van der Waals surface area (Å²) >= 11 is 11.1. The number of aromatic amines is 1. The number of nitrogens with zero attached hydrogens (tertiary/aromatic N) is 2. The standard InChI is InChI=1S/C10H12ClN3S/c1-10(2,3)14-8-7(13-9(14)15)4-6(11)5-12-8/h4-5H,1-3H3,(H,13,15). The summed E-state index contributed by atoms with van der Waals surface area (Å²) in [7, 11) is 0. The molecule has 80 valence electrons. The summed E-state index contributed by atoms with van der Waals surface area (Å²) in [6, 6.07) is 1.84. The average molecular weight is 242 g/mol. The molecule has 2 heterocycles. The zero-order valence-corrected chi connectivity index (χ0v) is 10.4. The molecule has 2 rings (SSSR count). The molecule has 0 amide bonds. The molecule has 0 radical (unpaired) electrons. The van der Waals surface area contributed by atoms with Gasteiger partial charge in [-0.05, 0) is 39.1 Å². The van der Waals surface area contributed by atoms with Crippen LogP contribution in [0.4, 0.5) is 0 Å². The largest absolute Gasteiger partial charge is 0.329 e. The lowest BCUT2D eigenvalue weighted by Crippen LogP contribution is -2.22. The predicted octanol–water partition coefficient (Wildman–Crippen LogP) is 3.50. The summed E-state index contributed by atoms with van der Waals surface area (Å²) in [6.07, 6.45) is 1.63. The average Bonchev–Trinajstić information content (AvgIpc) is 2.38. The maximum absolute atomic E-state index is 5.87. The summed E-state index contributed by atoms with van der Waals surface area (Å²) < 4.78 is 2.67. The number of hydrogen-bond acceptors (Lipinski definition) is 2. The number of H-pyrrole nitrogens is 1. The highest BCUT2D eigenvalue weighted by Gasteiger charge is 2.18. The Labute approximate surface area is 98.1 Å². The Hall–Kier alpha value is -0.870. The van der Waals surface area contributed by atoms with Crippen molar-refractivity contribution in [3.63, 3.8) is 0 Å². The highest BCUT2D eigenvalue weighted by Crippen LogP contribution is 2.23. The van der Waals surface area contributed by atoms with Crippen molar-refractivity contribution in [2.45, 2.75) is 26.3 Å². The molecule has 0 fully saturated rings. The number of hydrogen-bond donors (Lipinski definition) is 1. The molecule has 0 aliphatic heterocycles. The maximum atomic E-state index is 5.87. The van der Waals surface area contributed by atoms with Gasteiger partial charge in [-0.1, -0.05) is 11.6 Å². The van der Waals surface area contributed by atoms with Crippen LogP contribution in [-0.4, -0.2) is 14.5 Å². The van der Waals surface area contributed by atoms with E-state index in [1.807, 2.05) is 10.6 Å². The summed E-state index contributed by atoms with van der Waals surface area (Å²) in [4.78, 5) is 7.41. The zero-order valence-electron chi connectivity index (χ0n) is 8.84. The van der Waals surface area contributed by atoms with Gasteiger partial charge in [-0.15, -0.1) is 0 Å². The van der Waals surface area contributed by atoms with Gasteiger partial charge >= 0.3 is 0 Å². The van der Waals surface area contributed by atoms with Gasteiger partial charge in [-0.25, -0.2) is 4.98 Å². The lowest BCUT2D eigenvalue weighted by Gasteiger charge is -2.20. The van der Waals surface area contributed by atoms with E-state index in [4.69, 9.17) is 23.8 Å². The molecule has 2 aromatic heterocycles. The number of aromatic nitrogens is 3. The third kappa shape index (κ3) is 1.79. The molecule has 5 heteroatoms. The Balaban J connectivity index is 2.86. The van der Waals surface area contributed by atoms with Gasteiger partial charge in [0.25, 0.3) is 0 Å². The summed E-state index contributed by atoms with van der Waals surface area (Å²) in [5.41, 5.74) is 1.63. The monoisotopic (exact) mass is 241 g/mol. The number of rotatable bonds is 0. The second-order valence-electron chi connectivity index (χ2n) is 4.46. The smallest absolute Gasteiger partial charge is 0.179 e. The van der Waals surface area contributed by atoms with Crippen molar-refractivity contribution in [3.05, 3.63) is 22.1 Å². The van der Waals surface area contributed by atoms with Gasteiger partial charge in [0.2, 0.25) is 0 Å². The van der Waals surface area contributed by atoms with Crippen molar-refractivity contribution in [2.24, 2.45) is 0 Å². The number of imidazole rings is 1. The molecule has 0 spiro atoms. The first-order valence-electron chi connectivity index (χ1n) is 4.66. The molecule has 0 unspecified atom stereocenters. The van der Waals surface area contributed by atoms with Crippen LogP contribution in [0.3, 0.4) is 0 Å². The van der Waals surface area contributed by atoms with Crippen LogP contribution in [0.25, 0.3) is 11.2 Å². The van der Waals surface area contributed by atoms with Crippen LogP contribution in [0, 0.1) is 4.77 Å². The normalized spacial score (nSPS) is 12.3. The van der Waals surface area contributed by atoms with E-state index in [0.717, 1.165) is 11.2 Å². The van der Waals surface area contributed by atoms with Gasteiger partial charge in [0.15, 0.2) is 10.4 Å². The number of fused-ring (bicyclic) bond motifs is 1. The summed E-state index contributed by atoms with van der Waals surface area (Å²) in [5, 5.41) is 0.611. The first-order chi connectivity index (χ1) is 6.89. The van der Waals surface area contributed by atoms with Crippen molar-refractivity contribution in [2.75, 3.05) is 0 Å². The van der Waals surface area contributed by atoms with Gasteiger partial charge in [0.1, 0.15) is 0 Å². The molecule has 0 saturated heterocycles. The first-order valence-corrected chi connectivity index (χ1v) is 5.45. The topological polar surface area (TPSA) is 33.6 Å². The predicted molar refractivity (Wildman–Crippen MR) is 64.9 cm³/mol. The van der Waals surface area contributed by atoms with E-state index in [-0.39, 0.29) is 5.54 Å². The Kier molecular flexibility index (Phi) is 2.35. The van der Waals surface area contributed by atoms with E-state index in [2.05, 4.69) is 30.7 Å². The van der Waals surface area contributed by atoms with Gasteiger partial charge in [-0.2, -0.15) is 0 Å². The molecule has 0 atom stereocenters. The van der Waals surface area contributed by atoms with Crippen LogP contribution < -0.4 is 0 Å². The van der Waals surface area contributed by atoms with Crippen LogP contribution in [0.15, 0.2) is 12.3 Å². The van der Waals surface area contributed by atoms with Crippen LogP contribution >= 0.6 is 23.8 Å². The van der Waals surface area contributed by atoms with E-state index < -0.39 is 0 Å². The Morgan fingerprint density at radius 1 is 1.47 bits per heavy atom. The van der Waals surface area contributed by atoms with Gasteiger partial charge < -0.3 is 4.98 Å². The lowest BCUT2D eigenvalue weighted by molar-refractivity contribution is 0.401. The van der Waals surface area contributed by atoms with E-state index in [1.54, 1.807) is 6.20 Å². The molecule has 1 N–H and O–H groups in total. The molecule has 3 nitrogen and oxygen atoms in total. The Morgan fingerprint density at radius 2 is 2.13 bits per heavy atom. The minimum absolute atomic E-state index is 0.0871. The van der Waals surface area contributed by atoms with Crippen LogP contribution in [0.2, 0.25) is 5.02 Å². The van der Waals surface area contributed by atoms with Crippen molar-refractivity contribution >= 4 is 35.0 Å². The summed E-state index contributed by atoms with van der Waals surface area (Å²) in [5.74, 6) is 0.